The highest BCUT2D eigenvalue weighted by Gasteiger charge is 2.25. The van der Waals surface area contributed by atoms with Crippen LogP contribution in [0.25, 0.3) is 0 Å². The summed E-state index contributed by atoms with van der Waals surface area (Å²) >= 11 is 0. The first-order chi connectivity index (χ1) is 9.23. The molecule has 4 atom stereocenters. The lowest BCUT2D eigenvalue weighted by Gasteiger charge is -2.22. The molecule has 6 nitrogen and oxygen atoms in total. The Morgan fingerprint density at radius 2 is 1.35 bits per heavy atom. The number of phenols is 2. The molecule has 1 rings (SSSR count). The largest absolute Gasteiger partial charge is 0.504 e. The van der Waals surface area contributed by atoms with Crippen LogP contribution in [-0.2, 0) is 0 Å². The fraction of sp³-hybridized carbons (Fsp3) is 0.571. The molecule has 0 spiro atoms. The van der Waals surface area contributed by atoms with Crippen molar-refractivity contribution in [3.8, 4) is 11.5 Å². The lowest BCUT2D eigenvalue weighted by Crippen LogP contribution is -2.14. The molecule has 20 heavy (non-hydrogen) atoms. The van der Waals surface area contributed by atoms with Gasteiger partial charge < -0.3 is 30.6 Å². The highest BCUT2D eigenvalue weighted by molar-refractivity contribution is 5.51. The van der Waals surface area contributed by atoms with Gasteiger partial charge in [-0.1, -0.05) is 6.07 Å². The lowest BCUT2D eigenvalue weighted by atomic mass is 9.92. The van der Waals surface area contributed by atoms with E-state index in [1.165, 1.54) is 26.0 Å². The fourth-order valence-electron chi connectivity index (χ4n) is 2.14. The van der Waals surface area contributed by atoms with Crippen molar-refractivity contribution in [2.24, 2.45) is 0 Å². The number of aromatic hydroxyl groups is 2. The predicted octanol–water partition coefficient (Wildman–Crippen LogP) is 0.706. The van der Waals surface area contributed by atoms with Gasteiger partial charge in [-0.15, -0.1) is 0 Å². The number of aliphatic hydroxyl groups is 4. The molecule has 6 N–H and O–H groups in total. The van der Waals surface area contributed by atoms with E-state index in [1.807, 2.05) is 0 Å². The van der Waals surface area contributed by atoms with Gasteiger partial charge in [0.15, 0.2) is 11.5 Å². The van der Waals surface area contributed by atoms with Crippen LogP contribution in [0.4, 0.5) is 0 Å². The molecule has 0 aliphatic heterocycles. The normalized spacial score (nSPS) is 17.5. The first kappa shape index (κ1) is 16.7. The van der Waals surface area contributed by atoms with Crippen molar-refractivity contribution in [1.29, 1.82) is 0 Å². The van der Waals surface area contributed by atoms with E-state index in [0.29, 0.717) is 0 Å². The zero-order valence-electron chi connectivity index (χ0n) is 11.6. The van der Waals surface area contributed by atoms with Gasteiger partial charge in [0.1, 0.15) is 0 Å². The number of rotatable bonds is 6. The van der Waals surface area contributed by atoms with E-state index in [-0.39, 0.29) is 24.0 Å². The van der Waals surface area contributed by atoms with Crippen LogP contribution in [0.5, 0.6) is 11.5 Å². The smallest absolute Gasteiger partial charge is 0.163 e. The summed E-state index contributed by atoms with van der Waals surface area (Å²) in [6.45, 7) is 2.99. The number of hydrogen-bond donors (Lipinski definition) is 6. The third-order valence-corrected chi connectivity index (χ3v) is 3.05. The second-order valence-corrected chi connectivity index (χ2v) is 5.14. The van der Waals surface area contributed by atoms with Crippen molar-refractivity contribution < 1.29 is 30.6 Å². The second kappa shape index (κ2) is 6.90. The van der Waals surface area contributed by atoms with Gasteiger partial charge in [0.2, 0.25) is 0 Å². The Bertz CT molecular complexity index is 444. The van der Waals surface area contributed by atoms with Crippen molar-refractivity contribution in [2.75, 3.05) is 0 Å². The first-order valence-corrected chi connectivity index (χ1v) is 6.51. The maximum atomic E-state index is 10.1. The Hall–Kier alpha value is -1.34. The van der Waals surface area contributed by atoms with Crippen LogP contribution >= 0.6 is 0 Å². The molecular formula is C14H22O6. The van der Waals surface area contributed by atoms with Crippen LogP contribution in [-0.4, -0.2) is 42.8 Å². The molecule has 0 amide bonds. The highest BCUT2D eigenvalue weighted by atomic mass is 16.3. The van der Waals surface area contributed by atoms with E-state index in [2.05, 4.69) is 0 Å². The second-order valence-electron chi connectivity index (χ2n) is 5.14. The highest BCUT2D eigenvalue weighted by Crippen LogP contribution is 2.40. The van der Waals surface area contributed by atoms with Crippen LogP contribution in [0.1, 0.15) is 50.0 Å². The van der Waals surface area contributed by atoms with Gasteiger partial charge >= 0.3 is 0 Å². The summed E-state index contributed by atoms with van der Waals surface area (Å²) in [6, 6.07) is 2.58. The van der Waals surface area contributed by atoms with Gasteiger partial charge in [0.25, 0.3) is 0 Å². The Labute approximate surface area is 117 Å². The van der Waals surface area contributed by atoms with E-state index in [0.717, 1.165) is 0 Å². The molecule has 114 valence electrons. The number of benzene rings is 1. The van der Waals surface area contributed by atoms with Crippen LogP contribution in [0.2, 0.25) is 0 Å². The van der Waals surface area contributed by atoms with Crippen LogP contribution in [0, 0.1) is 0 Å². The summed E-state index contributed by atoms with van der Waals surface area (Å²) in [7, 11) is 0. The molecule has 0 bridgehead atoms. The molecule has 0 saturated carbocycles. The van der Waals surface area contributed by atoms with E-state index in [1.54, 1.807) is 0 Å². The predicted molar refractivity (Wildman–Crippen MR) is 72.3 cm³/mol. The molecule has 4 unspecified atom stereocenters. The summed E-state index contributed by atoms with van der Waals surface area (Å²) in [5.41, 5.74) is 0.188. The topological polar surface area (TPSA) is 121 Å². The van der Waals surface area contributed by atoms with E-state index < -0.39 is 35.9 Å². The average Bonchev–Trinajstić information content (AvgIpc) is 2.30. The molecule has 1 aromatic carbocycles. The standard InChI is InChI=1S/C14H22O6/c1-7(15)5-11(18)9-3-4-10(17)14(20)13(9)12(19)6-8(2)16/h3-4,7-8,11-12,15-20H,5-6H2,1-2H3. The minimum Gasteiger partial charge on any atom is -0.504 e. The maximum absolute atomic E-state index is 10.1. The van der Waals surface area contributed by atoms with E-state index >= 15 is 0 Å². The van der Waals surface area contributed by atoms with Gasteiger partial charge in [-0.05, 0) is 25.5 Å². The van der Waals surface area contributed by atoms with Gasteiger partial charge in [0, 0.05) is 18.4 Å². The summed E-state index contributed by atoms with van der Waals surface area (Å²) in [6.07, 6.45) is -3.93. The van der Waals surface area contributed by atoms with Crippen LogP contribution < -0.4 is 0 Å². The lowest BCUT2D eigenvalue weighted by molar-refractivity contribution is 0.0741. The molecular weight excluding hydrogens is 264 g/mol. The monoisotopic (exact) mass is 286 g/mol. The quantitative estimate of drug-likeness (QED) is 0.428. The number of hydrogen-bond acceptors (Lipinski definition) is 6. The van der Waals surface area contributed by atoms with Gasteiger partial charge in [-0.3, -0.25) is 0 Å². The van der Waals surface area contributed by atoms with Gasteiger partial charge in [-0.25, -0.2) is 0 Å². The third-order valence-electron chi connectivity index (χ3n) is 3.05. The Morgan fingerprint density at radius 3 is 1.85 bits per heavy atom. The fourth-order valence-corrected chi connectivity index (χ4v) is 2.14. The van der Waals surface area contributed by atoms with Crippen molar-refractivity contribution in [2.45, 2.75) is 51.1 Å². The summed E-state index contributed by atoms with van der Waals surface area (Å²) in [4.78, 5) is 0. The van der Waals surface area contributed by atoms with Gasteiger partial charge in [-0.2, -0.15) is 0 Å². The Morgan fingerprint density at radius 1 is 0.850 bits per heavy atom. The maximum Gasteiger partial charge on any atom is 0.163 e. The number of phenolic OH excluding ortho intramolecular Hbond substituents is 2. The average molecular weight is 286 g/mol. The van der Waals surface area contributed by atoms with Gasteiger partial charge in [0.05, 0.1) is 24.4 Å². The first-order valence-electron chi connectivity index (χ1n) is 6.51. The Kier molecular flexibility index (Phi) is 5.76. The molecule has 6 heteroatoms. The molecule has 0 aromatic heterocycles. The molecule has 0 aliphatic carbocycles. The number of aliphatic hydroxyl groups excluding tert-OH is 4. The molecule has 0 radical (unpaired) electrons. The SMILES string of the molecule is CC(O)CC(O)c1ccc(O)c(O)c1C(O)CC(C)O. The van der Waals surface area contributed by atoms with Crippen molar-refractivity contribution >= 4 is 0 Å². The van der Waals surface area contributed by atoms with E-state index in [4.69, 9.17) is 0 Å². The van der Waals surface area contributed by atoms with Crippen LogP contribution in [0.3, 0.4) is 0 Å². The Balaban J connectivity index is 3.20. The molecule has 0 aliphatic rings. The zero-order chi connectivity index (χ0) is 15.4. The van der Waals surface area contributed by atoms with Crippen molar-refractivity contribution in [3.63, 3.8) is 0 Å². The van der Waals surface area contributed by atoms with E-state index in [9.17, 15) is 30.6 Å². The van der Waals surface area contributed by atoms with Crippen molar-refractivity contribution in [3.05, 3.63) is 23.3 Å². The minimum atomic E-state index is -1.24. The summed E-state index contributed by atoms with van der Waals surface area (Å²) in [5, 5.41) is 58.1. The summed E-state index contributed by atoms with van der Waals surface area (Å²) < 4.78 is 0. The molecule has 0 fully saturated rings. The minimum absolute atomic E-state index is 0.0264. The molecule has 1 aromatic rings. The summed E-state index contributed by atoms with van der Waals surface area (Å²) in [5.74, 6) is -0.946. The van der Waals surface area contributed by atoms with Crippen LogP contribution in [0.15, 0.2) is 12.1 Å². The molecule has 0 heterocycles. The third kappa shape index (κ3) is 4.08. The molecule has 0 saturated heterocycles. The van der Waals surface area contributed by atoms with Crippen molar-refractivity contribution in [1.82, 2.24) is 0 Å². The zero-order valence-corrected chi connectivity index (χ0v) is 11.6.